The van der Waals surface area contributed by atoms with Gasteiger partial charge in [0.2, 0.25) is 6.41 Å². The molecule has 2 N–H and O–H groups in total. The van der Waals surface area contributed by atoms with Gasteiger partial charge in [0.05, 0.1) is 18.4 Å². The van der Waals surface area contributed by atoms with E-state index in [9.17, 15) is 9.59 Å². The molecule has 0 fully saturated rings. The third kappa shape index (κ3) is 3.82. The predicted molar refractivity (Wildman–Crippen MR) is 80.3 cm³/mol. The minimum Gasteiger partial charge on any atom is -0.497 e. The standard InChI is InChI=1S/C16H16N2O3/c1-21-13-8-6-12(7-9-13)10-17-16(20)14-4-2-3-5-15(14)18-11-19/h2-9,11H,10H2,1H3,(H,17,20)(H,18,19). The van der Waals surface area contributed by atoms with Crippen LogP contribution >= 0.6 is 0 Å². The summed E-state index contributed by atoms with van der Waals surface area (Å²) >= 11 is 0. The Balaban J connectivity index is 2.02. The van der Waals surface area contributed by atoms with E-state index in [4.69, 9.17) is 4.74 Å². The number of ether oxygens (including phenoxy) is 1. The Kier molecular flexibility index (Phi) is 4.93. The van der Waals surface area contributed by atoms with Crippen molar-refractivity contribution in [3.63, 3.8) is 0 Å². The number of hydrogen-bond acceptors (Lipinski definition) is 3. The van der Waals surface area contributed by atoms with Crippen molar-refractivity contribution in [3.05, 3.63) is 59.7 Å². The first kappa shape index (κ1) is 14.6. The summed E-state index contributed by atoms with van der Waals surface area (Å²) in [6, 6.07) is 14.3. The third-order valence-corrected chi connectivity index (χ3v) is 3.00. The Hall–Kier alpha value is -2.82. The SMILES string of the molecule is COc1ccc(CNC(=O)c2ccccc2NC=O)cc1. The van der Waals surface area contributed by atoms with Crippen LogP contribution < -0.4 is 15.4 Å². The highest BCUT2D eigenvalue weighted by Gasteiger charge is 2.10. The van der Waals surface area contributed by atoms with E-state index in [1.54, 1.807) is 31.4 Å². The fraction of sp³-hybridized carbons (Fsp3) is 0.125. The molecule has 0 bridgehead atoms. The van der Waals surface area contributed by atoms with E-state index in [2.05, 4.69) is 10.6 Å². The molecule has 108 valence electrons. The lowest BCUT2D eigenvalue weighted by Crippen LogP contribution is -2.23. The number of benzene rings is 2. The molecule has 0 aliphatic carbocycles. The quantitative estimate of drug-likeness (QED) is 0.799. The molecule has 0 atom stereocenters. The zero-order valence-corrected chi connectivity index (χ0v) is 11.6. The highest BCUT2D eigenvalue weighted by molar-refractivity contribution is 6.01. The molecule has 0 spiro atoms. The summed E-state index contributed by atoms with van der Waals surface area (Å²) in [6.45, 7) is 0.401. The molecule has 2 aromatic rings. The fourth-order valence-electron chi connectivity index (χ4n) is 1.89. The summed E-state index contributed by atoms with van der Waals surface area (Å²) in [5, 5.41) is 5.33. The number of anilines is 1. The van der Waals surface area contributed by atoms with E-state index in [0.29, 0.717) is 24.2 Å². The second-order valence-electron chi connectivity index (χ2n) is 4.34. The van der Waals surface area contributed by atoms with Crippen LogP contribution in [-0.4, -0.2) is 19.4 Å². The van der Waals surface area contributed by atoms with Gasteiger partial charge in [-0.3, -0.25) is 9.59 Å². The van der Waals surface area contributed by atoms with E-state index in [-0.39, 0.29) is 5.91 Å². The van der Waals surface area contributed by atoms with Gasteiger partial charge in [-0.2, -0.15) is 0 Å². The predicted octanol–water partition coefficient (Wildman–Crippen LogP) is 2.19. The monoisotopic (exact) mass is 284 g/mol. The first-order chi connectivity index (χ1) is 10.2. The van der Waals surface area contributed by atoms with Crippen molar-refractivity contribution < 1.29 is 14.3 Å². The number of amides is 2. The topological polar surface area (TPSA) is 67.4 Å². The molecule has 0 radical (unpaired) electrons. The number of methoxy groups -OCH3 is 1. The summed E-state index contributed by atoms with van der Waals surface area (Å²) in [7, 11) is 1.60. The van der Waals surface area contributed by atoms with Crippen LogP contribution in [0.2, 0.25) is 0 Å². The van der Waals surface area contributed by atoms with Crippen molar-refractivity contribution in [2.75, 3.05) is 12.4 Å². The smallest absolute Gasteiger partial charge is 0.253 e. The molecule has 5 heteroatoms. The van der Waals surface area contributed by atoms with Crippen molar-refractivity contribution in [3.8, 4) is 5.75 Å². The summed E-state index contributed by atoms with van der Waals surface area (Å²) < 4.78 is 5.08. The van der Waals surface area contributed by atoms with Gasteiger partial charge in [0.25, 0.3) is 5.91 Å². The van der Waals surface area contributed by atoms with Crippen molar-refractivity contribution in [2.45, 2.75) is 6.54 Å². The molecule has 0 aromatic heterocycles. The minimum atomic E-state index is -0.240. The maximum atomic E-state index is 12.1. The molecule has 0 unspecified atom stereocenters. The van der Waals surface area contributed by atoms with E-state index >= 15 is 0 Å². The first-order valence-electron chi connectivity index (χ1n) is 6.45. The summed E-state index contributed by atoms with van der Waals surface area (Å²) in [5.41, 5.74) is 1.88. The zero-order valence-electron chi connectivity index (χ0n) is 11.6. The van der Waals surface area contributed by atoms with Crippen LogP contribution in [0, 0.1) is 0 Å². The molecule has 21 heavy (non-hydrogen) atoms. The number of nitrogens with one attached hydrogen (secondary N) is 2. The van der Waals surface area contributed by atoms with Gasteiger partial charge in [-0.1, -0.05) is 24.3 Å². The van der Waals surface area contributed by atoms with Gasteiger partial charge < -0.3 is 15.4 Å². The van der Waals surface area contributed by atoms with Crippen molar-refractivity contribution in [1.82, 2.24) is 5.32 Å². The zero-order chi connectivity index (χ0) is 15.1. The van der Waals surface area contributed by atoms with Crippen molar-refractivity contribution >= 4 is 18.0 Å². The Morgan fingerprint density at radius 3 is 2.52 bits per heavy atom. The molecule has 2 aromatic carbocycles. The molecule has 5 nitrogen and oxygen atoms in total. The van der Waals surface area contributed by atoms with Crippen LogP contribution in [-0.2, 0) is 11.3 Å². The second-order valence-corrected chi connectivity index (χ2v) is 4.34. The summed E-state index contributed by atoms with van der Waals surface area (Å²) in [6.07, 6.45) is 0.551. The molecule has 0 saturated heterocycles. The first-order valence-corrected chi connectivity index (χ1v) is 6.45. The second kappa shape index (κ2) is 7.09. The summed E-state index contributed by atoms with van der Waals surface area (Å²) in [4.78, 5) is 22.7. The van der Waals surface area contributed by atoms with Gasteiger partial charge in [-0.25, -0.2) is 0 Å². The lowest BCUT2D eigenvalue weighted by atomic mass is 10.1. The number of hydrogen-bond donors (Lipinski definition) is 2. The normalized spacial score (nSPS) is 9.76. The Morgan fingerprint density at radius 1 is 1.14 bits per heavy atom. The van der Waals surface area contributed by atoms with Gasteiger partial charge in [-0.15, -0.1) is 0 Å². The highest BCUT2D eigenvalue weighted by atomic mass is 16.5. The van der Waals surface area contributed by atoms with Crippen LogP contribution in [0.1, 0.15) is 15.9 Å². The summed E-state index contributed by atoms with van der Waals surface area (Å²) in [5.74, 6) is 0.529. The molecule has 0 saturated carbocycles. The van der Waals surface area contributed by atoms with Crippen molar-refractivity contribution in [1.29, 1.82) is 0 Å². The molecular weight excluding hydrogens is 268 g/mol. The highest BCUT2D eigenvalue weighted by Crippen LogP contribution is 2.15. The molecule has 0 heterocycles. The van der Waals surface area contributed by atoms with E-state index in [1.807, 2.05) is 24.3 Å². The Bertz CT molecular complexity index is 624. The molecule has 0 aliphatic heterocycles. The number of carbonyl (C=O) groups is 2. The van der Waals surface area contributed by atoms with Gasteiger partial charge >= 0.3 is 0 Å². The fourth-order valence-corrected chi connectivity index (χ4v) is 1.89. The van der Waals surface area contributed by atoms with E-state index < -0.39 is 0 Å². The average molecular weight is 284 g/mol. The van der Waals surface area contributed by atoms with Gasteiger partial charge in [-0.05, 0) is 29.8 Å². The maximum Gasteiger partial charge on any atom is 0.253 e. The average Bonchev–Trinajstić information content (AvgIpc) is 2.54. The molecular formula is C16H16N2O3. The molecule has 2 amide bonds. The van der Waals surface area contributed by atoms with Crippen molar-refractivity contribution in [2.24, 2.45) is 0 Å². The van der Waals surface area contributed by atoms with E-state index in [1.165, 1.54) is 0 Å². The Labute approximate surface area is 122 Å². The largest absolute Gasteiger partial charge is 0.497 e. The molecule has 2 rings (SSSR count). The number of carbonyl (C=O) groups excluding carboxylic acids is 2. The van der Waals surface area contributed by atoms with Crippen LogP contribution in [0.15, 0.2) is 48.5 Å². The number of rotatable bonds is 6. The number of para-hydroxylation sites is 1. The van der Waals surface area contributed by atoms with Crippen LogP contribution in [0.25, 0.3) is 0 Å². The van der Waals surface area contributed by atoms with Crippen LogP contribution in [0.4, 0.5) is 5.69 Å². The molecule has 0 aliphatic rings. The van der Waals surface area contributed by atoms with Crippen LogP contribution in [0.5, 0.6) is 5.75 Å². The minimum absolute atomic E-state index is 0.240. The maximum absolute atomic E-state index is 12.1. The lowest BCUT2D eigenvalue weighted by Gasteiger charge is -2.09. The van der Waals surface area contributed by atoms with Crippen LogP contribution in [0.3, 0.4) is 0 Å². The van der Waals surface area contributed by atoms with Gasteiger partial charge in [0, 0.05) is 6.54 Å². The third-order valence-electron chi connectivity index (χ3n) is 3.00. The Morgan fingerprint density at radius 2 is 1.86 bits per heavy atom. The van der Waals surface area contributed by atoms with Gasteiger partial charge in [0.1, 0.15) is 5.75 Å². The van der Waals surface area contributed by atoms with Gasteiger partial charge in [0.15, 0.2) is 0 Å². The lowest BCUT2D eigenvalue weighted by molar-refractivity contribution is -0.105. The van der Waals surface area contributed by atoms with E-state index in [0.717, 1.165) is 11.3 Å².